The van der Waals surface area contributed by atoms with Crippen LogP contribution in [0.15, 0.2) is 24.3 Å². The molecule has 1 aromatic rings. The van der Waals surface area contributed by atoms with Crippen LogP contribution < -0.4 is 15.4 Å². The van der Waals surface area contributed by atoms with Crippen molar-refractivity contribution in [3.63, 3.8) is 0 Å². The van der Waals surface area contributed by atoms with Gasteiger partial charge in [-0.2, -0.15) is 0 Å². The van der Waals surface area contributed by atoms with Gasteiger partial charge in [0.05, 0.1) is 0 Å². The van der Waals surface area contributed by atoms with Crippen LogP contribution in [0.5, 0.6) is 5.75 Å². The molecule has 0 fully saturated rings. The van der Waals surface area contributed by atoms with Crippen LogP contribution in [0.1, 0.15) is 20.3 Å². The zero-order chi connectivity index (χ0) is 14.3. The van der Waals surface area contributed by atoms with Crippen molar-refractivity contribution < 1.29 is 18.7 Å². The Bertz CT molecular complexity index is 434. The van der Waals surface area contributed by atoms with Crippen molar-refractivity contribution >= 4 is 11.9 Å². The molecule has 0 heterocycles. The number of benzene rings is 1. The third-order valence-corrected chi connectivity index (χ3v) is 2.43. The molecular formula is C13H17FN2O3. The average molecular weight is 268 g/mol. The van der Waals surface area contributed by atoms with Crippen LogP contribution in [0, 0.1) is 5.82 Å². The van der Waals surface area contributed by atoms with E-state index in [1.54, 1.807) is 0 Å². The highest BCUT2D eigenvalue weighted by Crippen LogP contribution is 2.10. The SMILES string of the molecule is CC[C@H](C)NC(=O)NC(=O)COc1ccc(F)cc1. The molecule has 3 amide bonds. The van der Waals surface area contributed by atoms with Gasteiger partial charge in [0.15, 0.2) is 6.61 Å². The summed E-state index contributed by atoms with van der Waals surface area (Å²) in [6, 6.07) is 4.70. The summed E-state index contributed by atoms with van der Waals surface area (Å²) in [5, 5.41) is 4.73. The van der Waals surface area contributed by atoms with Crippen molar-refractivity contribution in [2.45, 2.75) is 26.3 Å². The van der Waals surface area contributed by atoms with Gasteiger partial charge in [0, 0.05) is 6.04 Å². The topological polar surface area (TPSA) is 67.4 Å². The molecule has 0 aromatic heterocycles. The minimum Gasteiger partial charge on any atom is -0.484 e. The number of carbonyl (C=O) groups excluding carboxylic acids is 2. The standard InChI is InChI=1S/C13H17FN2O3/c1-3-9(2)15-13(18)16-12(17)8-19-11-6-4-10(14)5-7-11/h4-7,9H,3,8H2,1-2H3,(H2,15,16,17,18)/t9-/m0/s1. The fourth-order valence-electron chi connectivity index (χ4n) is 1.20. The molecular weight excluding hydrogens is 251 g/mol. The first-order chi connectivity index (χ1) is 9.01. The molecule has 1 atom stereocenters. The first-order valence-corrected chi connectivity index (χ1v) is 6.00. The summed E-state index contributed by atoms with van der Waals surface area (Å²) in [5.41, 5.74) is 0. The molecule has 0 aliphatic carbocycles. The molecule has 6 heteroatoms. The summed E-state index contributed by atoms with van der Waals surface area (Å²) in [4.78, 5) is 22.7. The molecule has 0 bridgehead atoms. The zero-order valence-corrected chi connectivity index (χ0v) is 10.9. The van der Waals surface area contributed by atoms with E-state index in [1.807, 2.05) is 13.8 Å². The third-order valence-electron chi connectivity index (χ3n) is 2.43. The van der Waals surface area contributed by atoms with Gasteiger partial charge in [-0.15, -0.1) is 0 Å². The Labute approximate surface area is 111 Å². The quantitative estimate of drug-likeness (QED) is 0.856. The normalized spacial score (nSPS) is 11.5. The zero-order valence-electron chi connectivity index (χ0n) is 10.9. The van der Waals surface area contributed by atoms with Gasteiger partial charge < -0.3 is 10.1 Å². The van der Waals surface area contributed by atoms with E-state index >= 15 is 0 Å². The predicted molar refractivity (Wildman–Crippen MR) is 68.3 cm³/mol. The predicted octanol–water partition coefficient (Wildman–Crippen LogP) is 1.83. The van der Waals surface area contributed by atoms with Gasteiger partial charge in [-0.1, -0.05) is 6.92 Å². The van der Waals surface area contributed by atoms with Crippen molar-refractivity contribution in [2.75, 3.05) is 6.61 Å². The summed E-state index contributed by atoms with van der Waals surface area (Å²) in [5.74, 6) is -0.589. The van der Waals surface area contributed by atoms with Gasteiger partial charge in [0.25, 0.3) is 5.91 Å². The highest BCUT2D eigenvalue weighted by atomic mass is 19.1. The van der Waals surface area contributed by atoms with Gasteiger partial charge in [0.2, 0.25) is 0 Å². The Morgan fingerprint density at radius 3 is 2.53 bits per heavy atom. The molecule has 5 nitrogen and oxygen atoms in total. The van der Waals surface area contributed by atoms with Crippen molar-refractivity contribution in [3.05, 3.63) is 30.1 Å². The van der Waals surface area contributed by atoms with E-state index in [0.29, 0.717) is 5.75 Å². The highest BCUT2D eigenvalue weighted by Gasteiger charge is 2.10. The monoisotopic (exact) mass is 268 g/mol. The number of urea groups is 1. The molecule has 1 aromatic carbocycles. The van der Waals surface area contributed by atoms with Crippen molar-refractivity contribution in [3.8, 4) is 5.75 Å². The Morgan fingerprint density at radius 1 is 1.32 bits per heavy atom. The number of halogens is 1. The number of rotatable bonds is 5. The summed E-state index contributed by atoms with van der Waals surface area (Å²) in [6.07, 6.45) is 0.772. The van der Waals surface area contributed by atoms with Gasteiger partial charge >= 0.3 is 6.03 Å². The van der Waals surface area contributed by atoms with Gasteiger partial charge in [-0.05, 0) is 37.6 Å². The summed E-state index contributed by atoms with van der Waals surface area (Å²) >= 11 is 0. The molecule has 0 saturated carbocycles. The second-order valence-corrected chi connectivity index (χ2v) is 4.07. The van der Waals surface area contributed by atoms with Crippen LogP contribution in [-0.2, 0) is 4.79 Å². The molecule has 19 heavy (non-hydrogen) atoms. The lowest BCUT2D eigenvalue weighted by Gasteiger charge is -2.12. The Kier molecular flexibility index (Phi) is 5.78. The van der Waals surface area contributed by atoms with Crippen LogP contribution in [0.3, 0.4) is 0 Å². The van der Waals surface area contributed by atoms with Gasteiger partial charge in [0.1, 0.15) is 11.6 Å². The molecule has 104 valence electrons. The van der Waals surface area contributed by atoms with Gasteiger partial charge in [-0.3, -0.25) is 10.1 Å². The highest BCUT2D eigenvalue weighted by molar-refractivity contribution is 5.95. The fourth-order valence-corrected chi connectivity index (χ4v) is 1.20. The van der Waals surface area contributed by atoms with E-state index < -0.39 is 11.9 Å². The lowest BCUT2D eigenvalue weighted by atomic mass is 10.3. The third kappa shape index (κ3) is 5.85. The minimum atomic E-state index is -0.565. The van der Waals surface area contributed by atoms with E-state index in [2.05, 4.69) is 10.6 Å². The van der Waals surface area contributed by atoms with Gasteiger partial charge in [-0.25, -0.2) is 9.18 Å². The lowest BCUT2D eigenvalue weighted by molar-refractivity contribution is -0.122. The second-order valence-electron chi connectivity index (χ2n) is 4.07. The maximum absolute atomic E-state index is 12.6. The van der Waals surface area contributed by atoms with Crippen molar-refractivity contribution in [1.29, 1.82) is 0 Å². The van der Waals surface area contributed by atoms with Crippen molar-refractivity contribution in [2.24, 2.45) is 0 Å². The summed E-state index contributed by atoms with van der Waals surface area (Å²) in [6.45, 7) is 3.45. The molecule has 2 N–H and O–H groups in total. The maximum atomic E-state index is 12.6. The largest absolute Gasteiger partial charge is 0.484 e. The Morgan fingerprint density at radius 2 is 1.95 bits per heavy atom. The number of imide groups is 1. The van der Waals surface area contributed by atoms with E-state index in [1.165, 1.54) is 24.3 Å². The number of amides is 3. The minimum absolute atomic E-state index is 0.00850. The number of nitrogens with one attached hydrogen (secondary N) is 2. The average Bonchev–Trinajstić information content (AvgIpc) is 2.37. The first-order valence-electron chi connectivity index (χ1n) is 6.00. The molecule has 0 spiro atoms. The molecule has 0 saturated heterocycles. The van der Waals surface area contributed by atoms with Crippen LogP contribution in [0.2, 0.25) is 0 Å². The number of carbonyl (C=O) groups is 2. The summed E-state index contributed by atoms with van der Waals surface area (Å²) < 4.78 is 17.7. The van der Waals surface area contributed by atoms with Crippen LogP contribution >= 0.6 is 0 Å². The smallest absolute Gasteiger partial charge is 0.321 e. The molecule has 0 radical (unpaired) electrons. The summed E-state index contributed by atoms with van der Waals surface area (Å²) in [7, 11) is 0. The fraction of sp³-hybridized carbons (Fsp3) is 0.385. The number of hydrogen-bond acceptors (Lipinski definition) is 3. The lowest BCUT2D eigenvalue weighted by Crippen LogP contribution is -2.44. The number of ether oxygens (including phenoxy) is 1. The molecule has 0 aliphatic rings. The van der Waals surface area contributed by atoms with E-state index in [4.69, 9.17) is 4.74 Å². The second kappa shape index (κ2) is 7.35. The van der Waals surface area contributed by atoms with Crippen molar-refractivity contribution in [1.82, 2.24) is 10.6 Å². The molecule has 0 unspecified atom stereocenters. The van der Waals surface area contributed by atoms with E-state index in [0.717, 1.165) is 6.42 Å². The molecule has 0 aliphatic heterocycles. The molecule has 1 rings (SSSR count). The van der Waals surface area contributed by atoms with Crippen LogP contribution in [0.25, 0.3) is 0 Å². The first kappa shape index (κ1) is 14.9. The van der Waals surface area contributed by atoms with Crippen LogP contribution in [-0.4, -0.2) is 24.6 Å². The Hall–Kier alpha value is -2.11. The Balaban J connectivity index is 2.31. The van der Waals surface area contributed by atoms with E-state index in [9.17, 15) is 14.0 Å². The van der Waals surface area contributed by atoms with Crippen LogP contribution in [0.4, 0.5) is 9.18 Å². The van der Waals surface area contributed by atoms with E-state index in [-0.39, 0.29) is 18.5 Å². The maximum Gasteiger partial charge on any atom is 0.321 e. The number of hydrogen-bond donors (Lipinski definition) is 2.